The van der Waals surface area contributed by atoms with Gasteiger partial charge in [-0.3, -0.25) is 0 Å². The Morgan fingerprint density at radius 2 is 1.89 bits per heavy atom. The molecular weight excluding hydrogens is 328 g/mol. The van der Waals surface area contributed by atoms with Crippen LogP contribution in [0.4, 0.5) is 0 Å². The zero-order valence-electron chi connectivity index (χ0n) is 11.5. The first-order valence-electron chi connectivity index (χ1n) is 6.29. The van der Waals surface area contributed by atoms with Gasteiger partial charge in [0.1, 0.15) is 0 Å². The van der Waals surface area contributed by atoms with Gasteiger partial charge in [0.15, 0.2) is 0 Å². The van der Waals surface area contributed by atoms with Gasteiger partial charge in [0, 0.05) is 16.6 Å². The zero-order valence-corrected chi connectivity index (χ0v) is 13.9. The van der Waals surface area contributed by atoms with E-state index in [0.717, 1.165) is 18.4 Å². The van der Waals surface area contributed by atoms with Crippen molar-refractivity contribution < 1.29 is 8.42 Å². The summed E-state index contributed by atoms with van der Waals surface area (Å²) < 4.78 is 27.7. The standard InChI is InChI=1S/C13H21BrN2O2S/c1-4-13(15,5-2)9-16-19(17,18)12-7-6-10(3)8-11(12)14/h6-8,16H,4-5,9,15H2,1-3H3. The van der Waals surface area contributed by atoms with Crippen LogP contribution in [0.1, 0.15) is 32.3 Å². The Kier molecular flexibility index (Phi) is 5.55. The molecule has 0 unspecified atom stereocenters. The van der Waals surface area contributed by atoms with Crippen molar-refractivity contribution in [1.29, 1.82) is 0 Å². The van der Waals surface area contributed by atoms with Crippen LogP contribution in [0.3, 0.4) is 0 Å². The number of sulfonamides is 1. The minimum atomic E-state index is -3.54. The van der Waals surface area contributed by atoms with Crippen LogP contribution < -0.4 is 10.5 Å². The Morgan fingerprint density at radius 3 is 2.37 bits per heavy atom. The molecule has 0 aliphatic carbocycles. The van der Waals surface area contributed by atoms with Crippen LogP contribution in [0.5, 0.6) is 0 Å². The number of hydrogen-bond donors (Lipinski definition) is 2. The van der Waals surface area contributed by atoms with Crippen molar-refractivity contribution in [2.45, 2.75) is 44.0 Å². The van der Waals surface area contributed by atoms with E-state index in [9.17, 15) is 8.42 Å². The molecule has 0 heterocycles. The average Bonchev–Trinajstić information content (AvgIpc) is 2.35. The summed E-state index contributed by atoms with van der Waals surface area (Å²) in [5.41, 5.74) is 6.61. The highest BCUT2D eigenvalue weighted by molar-refractivity contribution is 9.10. The van der Waals surface area contributed by atoms with E-state index in [2.05, 4.69) is 20.7 Å². The van der Waals surface area contributed by atoms with Crippen molar-refractivity contribution in [3.8, 4) is 0 Å². The van der Waals surface area contributed by atoms with Gasteiger partial charge in [-0.1, -0.05) is 19.9 Å². The molecule has 0 saturated carbocycles. The number of rotatable bonds is 6. The van der Waals surface area contributed by atoms with E-state index in [1.807, 2.05) is 20.8 Å². The molecule has 108 valence electrons. The highest BCUT2D eigenvalue weighted by Gasteiger charge is 2.25. The third-order valence-corrected chi connectivity index (χ3v) is 5.78. The number of nitrogens with one attached hydrogen (secondary N) is 1. The molecule has 1 aromatic carbocycles. The van der Waals surface area contributed by atoms with Crippen LogP contribution in [0.2, 0.25) is 0 Å². The second-order valence-corrected chi connectivity index (χ2v) is 7.42. The maximum atomic E-state index is 12.2. The molecule has 4 nitrogen and oxygen atoms in total. The first-order valence-corrected chi connectivity index (χ1v) is 8.56. The second-order valence-electron chi connectivity index (χ2n) is 4.83. The zero-order chi connectivity index (χ0) is 14.7. The molecule has 0 aliphatic rings. The maximum Gasteiger partial charge on any atom is 0.241 e. The predicted octanol–water partition coefficient (Wildman–Crippen LogP) is 2.55. The van der Waals surface area contributed by atoms with Crippen molar-refractivity contribution in [3.05, 3.63) is 28.2 Å². The molecule has 0 saturated heterocycles. The lowest BCUT2D eigenvalue weighted by Gasteiger charge is -2.26. The van der Waals surface area contributed by atoms with Crippen molar-refractivity contribution >= 4 is 26.0 Å². The largest absolute Gasteiger partial charge is 0.324 e. The summed E-state index contributed by atoms with van der Waals surface area (Å²) in [6.07, 6.45) is 1.45. The third-order valence-electron chi connectivity index (χ3n) is 3.40. The Bertz CT molecular complexity index is 540. The van der Waals surface area contributed by atoms with Crippen LogP contribution in [0.15, 0.2) is 27.6 Å². The van der Waals surface area contributed by atoms with Crippen molar-refractivity contribution in [3.63, 3.8) is 0 Å². The molecule has 0 aromatic heterocycles. The molecule has 3 N–H and O–H groups in total. The van der Waals surface area contributed by atoms with E-state index in [0.29, 0.717) is 4.47 Å². The second kappa shape index (κ2) is 6.35. The minimum Gasteiger partial charge on any atom is -0.324 e. The van der Waals surface area contributed by atoms with Gasteiger partial charge in [0.05, 0.1) is 4.90 Å². The maximum absolute atomic E-state index is 12.2. The molecule has 0 aliphatic heterocycles. The van der Waals surface area contributed by atoms with Gasteiger partial charge in [-0.05, 0) is 53.4 Å². The van der Waals surface area contributed by atoms with E-state index >= 15 is 0 Å². The van der Waals surface area contributed by atoms with Crippen LogP contribution in [0.25, 0.3) is 0 Å². The normalized spacial score (nSPS) is 12.7. The highest BCUT2D eigenvalue weighted by atomic mass is 79.9. The average molecular weight is 349 g/mol. The first-order chi connectivity index (χ1) is 8.74. The summed E-state index contributed by atoms with van der Waals surface area (Å²) in [5.74, 6) is 0. The monoisotopic (exact) mass is 348 g/mol. The van der Waals surface area contributed by atoms with E-state index in [1.165, 1.54) is 0 Å². The van der Waals surface area contributed by atoms with Crippen LogP contribution >= 0.6 is 15.9 Å². The lowest BCUT2D eigenvalue weighted by atomic mass is 9.95. The Morgan fingerprint density at radius 1 is 1.32 bits per heavy atom. The number of benzene rings is 1. The van der Waals surface area contributed by atoms with Gasteiger partial charge in [-0.15, -0.1) is 0 Å². The van der Waals surface area contributed by atoms with Gasteiger partial charge in [0.2, 0.25) is 10.0 Å². The summed E-state index contributed by atoms with van der Waals surface area (Å²) in [7, 11) is -3.54. The molecule has 0 atom stereocenters. The quantitative estimate of drug-likeness (QED) is 0.829. The fraction of sp³-hybridized carbons (Fsp3) is 0.538. The number of hydrogen-bond acceptors (Lipinski definition) is 3. The Hall–Kier alpha value is -0.430. The molecule has 1 aromatic rings. The van der Waals surface area contributed by atoms with Crippen molar-refractivity contribution in [2.75, 3.05) is 6.54 Å². The first kappa shape index (κ1) is 16.6. The molecule has 0 fully saturated rings. The van der Waals surface area contributed by atoms with Crippen LogP contribution in [-0.2, 0) is 10.0 Å². The van der Waals surface area contributed by atoms with Gasteiger partial charge >= 0.3 is 0 Å². The number of aryl methyl sites for hydroxylation is 1. The van der Waals surface area contributed by atoms with Crippen LogP contribution in [0, 0.1) is 6.92 Å². The van der Waals surface area contributed by atoms with E-state index in [-0.39, 0.29) is 11.4 Å². The lowest BCUT2D eigenvalue weighted by Crippen LogP contribution is -2.49. The third kappa shape index (κ3) is 4.27. The van der Waals surface area contributed by atoms with E-state index in [1.54, 1.807) is 18.2 Å². The summed E-state index contributed by atoms with van der Waals surface area (Å²) in [5, 5.41) is 0. The van der Waals surface area contributed by atoms with E-state index < -0.39 is 15.6 Å². The van der Waals surface area contributed by atoms with Crippen LogP contribution in [-0.4, -0.2) is 20.5 Å². The summed E-state index contributed by atoms with van der Waals surface area (Å²) >= 11 is 3.29. The fourth-order valence-electron chi connectivity index (χ4n) is 1.64. The van der Waals surface area contributed by atoms with Gasteiger partial charge in [-0.25, -0.2) is 13.1 Å². The summed E-state index contributed by atoms with van der Waals surface area (Å²) in [4.78, 5) is 0.243. The number of nitrogens with two attached hydrogens (primary N) is 1. The summed E-state index contributed by atoms with van der Waals surface area (Å²) in [6.45, 7) is 6.06. The molecule has 1 rings (SSSR count). The van der Waals surface area contributed by atoms with Crippen molar-refractivity contribution in [1.82, 2.24) is 4.72 Å². The summed E-state index contributed by atoms with van der Waals surface area (Å²) in [6, 6.07) is 5.15. The molecule has 6 heteroatoms. The molecule has 0 amide bonds. The molecule has 0 radical (unpaired) electrons. The number of halogens is 1. The predicted molar refractivity (Wildman–Crippen MR) is 81.6 cm³/mol. The van der Waals surface area contributed by atoms with Gasteiger partial charge in [0.25, 0.3) is 0 Å². The topological polar surface area (TPSA) is 72.2 Å². The van der Waals surface area contributed by atoms with Crippen molar-refractivity contribution in [2.24, 2.45) is 5.73 Å². The molecular formula is C13H21BrN2O2S. The van der Waals surface area contributed by atoms with E-state index in [4.69, 9.17) is 5.73 Å². The smallest absolute Gasteiger partial charge is 0.241 e. The van der Waals surface area contributed by atoms with Gasteiger partial charge < -0.3 is 5.73 Å². The molecule has 19 heavy (non-hydrogen) atoms. The SMILES string of the molecule is CCC(N)(CC)CNS(=O)(=O)c1ccc(C)cc1Br. The fourth-order valence-corrected chi connectivity index (χ4v) is 3.97. The highest BCUT2D eigenvalue weighted by Crippen LogP contribution is 2.23. The minimum absolute atomic E-state index is 0.239. The lowest BCUT2D eigenvalue weighted by molar-refractivity contribution is 0.391. The Balaban J connectivity index is 2.93. The van der Waals surface area contributed by atoms with Gasteiger partial charge in [-0.2, -0.15) is 0 Å². The molecule has 0 bridgehead atoms. The Labute approximate surface area is 124 Å². The molecule has 0 spiro atoms.